The van der Waals surface area contributed by atoms with Crippen molar-refractivity contribution in [1.29, 1.82) is 0 Å². The van der Waals surface area contributed by atoms with Crippen LogP contribution in [0.4, 0.5) is 0 Å². The Hall–Kier alpha value is -1.39. The summed E-state index contributed by atoms with van der Waals surface area (Å²) in [5, 5.41) is 20.0. The number of Topliss-reactive ketones (excluding diaryl/α,β-unsaturated/α-hetero) is 1. The van der Waals surface area contributed by atoms with Crippen molar-refractivity contribution in [1.82, 2.24) is 0 Å². The minimum absolute atomic E-state index is 0.0632. The second-order valence-corrected chi connectivity index (χ2v) is 4.95. The summed E-state index contributed by atoms with van der Waals surface area (Å²) in [7, 11) is 0. The number of benzene rings is 1. The van der Waals surface area contributed by atoms with E-state index < -0.39 is 17.8 Å². The molecular weight excluding hydrogens is 220 g/mol. The van der Waals surface area contributed by atoms with Crippen LogP contribution in [0.1, 0.15) is 42.8 Å². The molecular formula is C13H16O4. The van der Waals surface area contributed by atoms with E-state index in [2.05, 4.69) is 0 Å². The highest BCUT2D eigenvalue weighted by atomic mass is 16.5. The van der Waals surface area contributed by atoms with Gasteiger partial charge in [0.15, 0.2) is 11.9 Å². The molecule has 0 radical (unpaired) electrons. The zero-order chi connectivity index (χ0) is 12.8. The molecule has 0 amide bonds. The molecule has 0 saturated heterocycles. The van der Waals surface area contributed by atoms with Crippen molar-refractivity contribution in [3.05, 3.63) is 29.3 Å². The van der Waals surface area contributed by atoms with Gasteiger partial charge in [-0.2, -0.15) is 0 Å². The van der Waals surface area contributed by atoms with Gasteiger partial charge in [-0.3, -0.25) is 4.79 Å². The Morgan fingerprint density at radius 1 is 1.41 bits per heavy atom. The fourth-order valence-corrected chi connectivity index (χ4v) is 2.00. The first-order valence-corrected chi connectivity index (χ1v) is 5.52. The third kappa shape index (κ3) is 2.06. The van der Waals surface area contributed by atoms with Crippen LogP contribution in [0.2, 0.25) is 0 Å². The lowest BCUT2D eigenvalue weighted by Gasteiger charge is -2.27. The number of ether oxygens (including phenoxy) is 1. The van der Waals surface area contributed by atoms with Crippen LogP contribution in [0.25, 0.3) is 0 Å². The largest absolute Gasteiger partial charge is 0.484 e. The number of hydrogen-bond donors (Lipinski definition) is 2. The predicted octanol–water partition coefficient (Wildman–Crippen LogP) is 1.45. The van der Waals surface area contributed by atoms with Gasteiger partial charge in [0.1, 0.15) is 11.9 Å². The predicted molar refractivity (Wildman–Crippen MR) is 62.1 cm³/mol. The first-order valence-electron chi connectivity index (χ1n) is 5.52. The molecule has 1 aliphatic heterocycles. The highest BCUT2D eigenvalue weighted by Crippen LogP contribution is 2.40. The van der Waals surface area contributed by atoms with E-state index in [4.69, 9.17) is 4.74 Å². The number of carbonyl (C=O) groups excluding carboxylic acids is 1. The Labute approximate surface area is 99.8 Å². The lowest BCUT2D eigenvalue weighted by atomic mass is 9.93. The van der Waals surface area contributed by atoms with Crippen molar-refractivity contribution in [3.63, 3.8) is 0 Å². The number of fused-ring (bicyclic) bond motifs is 1. The molecule has 2 rings (SSSR count). The monoisotopic (exact) mass is 236 g/mol. The van der Waals surface area contributed by atoms with Crippen LogP contribution >= 0.6 is 0 Å². The SMILES string of the molecule is CC(=O)c1ccc2c(c1)[C@H](O)[C@H](C(C)(C)O)O2. The molecule has 0 unspecified atom stereocenters. The van der Waals surface area contributed by atoms with Gasteiger partial charge < -0.3 is 14.9 Å². The lowest BCUT2D eigenvalue weighted by molar-refractivity contribution is -0.0762. The van der Waals surface area contributed by atoms with Gasteiger partial charge in [0.05, 0.1) is 5.60 Å². The zero-order valence-electron chi connectivity index (χ0n) is 10.1. The van der Waals surface area contributed by atoms with Crippen molar-refractivity contribution in [3.8, 4) is 5.75 Å². The molecule has 0 fully saturated rings. The fourth-order valence-electron chi connectivity index (χ4n) is 2.00. The van der Waals surface area contributed by atoms with Gasteiger partial charge in [-0.25, -0.2) is 0 Å². The average Bonchev–Trinajstić information content (AvgIpc) is 2.55. The van der Waals surface area contributed by atoms with Crippen molar-refractivity contribution < 1.29 is 19.7 Å². The number of hydrogen-bond acceptors (Lipinski definition) is 4. The number of ketones is 1. The van der Waals surface area contributed by atoms with E-state index >= 15 is 0 Å². The van der Waals surface area contributed by atoms with Crippen LogP contribution in [0, 0.1) is 0 Å². The molecule has 1 aromatic carbocycles. The highest BCUT2D eigenvalue weighted by molar-refractivity contribution is 5.94. The molecule has 0 saturated carbocycles. The third-order valence-corrected chi connectivity index (χ3v) is 2.97. The second-order valence-electron chi connectivity index (χ2n) is 4.95. The molecule has 2 N–H and O–H groups in total. The van der Waals surface area contributed by atoms with Gasteiger partial charge in [0.2, 0.25) is 0 Å². The van der Waals surface area contributed by atoms with E-state index in [0.29, 0.717) is 16.9 Å². The third-order valence-electron chi connectivity index (χ3n) is 2.97. The van der Waals surface area contributed by atoms with Gasteiger partial charge >= 0.3 is 0 Å². The van der Waals surface area contributed by atoms with Crippen LogP contribution < -0.4 is 4.74 Å². The maximum Gasteiger partial charge on any atom is 0.159 e. The Morgan fingerprint density at radius 3 is 2.59 bits per heavy atom. The Balaban J connectivity index is 2.39. The smallest absolute Gasteiger partial charge is 0.159 e. The summed E-state index contributed by atoms with van der Waals surface area (Å²) in [6, 6.07) is 4.93. The van der Waals surface area contributed by atoms with E-state index in [-0.39, 0.29) is 5.78 Å². The Morgan fingerprint density at radius 2 is 2.06 bits per heavy atom. The zero-order valence-corrected chi connectivity index (χ0v) is 10.1. The van der Waals surface area contributed by atoms with Crippen LogP contribution in [0.3, 0.4) is 0 Å². The molecule has 0 aromatic heterocycles. The Kier molecular flexibility index (Phi) is 2.72. The normalized spacial score (nSPS) is 23.1. The van der Waals surface area contributed by atoms with E-state index in [0.717, 1.165) is 0 Å². The molecule has 1 aliphatic rings. The van der Waals surface area contributed by atoms with Crippen molar-refractivity contribution >= 4 is 5.78 Å². The summed E-state index contributed by atoms with van der Waals surface area (Å²) >= 11 is 0. The van der Waals surface area contributed by atoms with Gasteiger partial charge in [-0.05, 0) is 39.0 Å². The molecule has 17 heavy (non-hydrogen) atoms. The average molecular weight is 236 g/mol. The minimum Gasteiger partial charge on any atom is -0.484 e. The molecule has 1 heterocycles. The van der Waals surface area contributed by atoms with Gasteiger partial charge in [0.25, 0.3) is 0 Å². The summed E-state index contributed by atoms with van der Waals surface area (Å²) in [5.74, 6) is 0.460. The van der Waals surface area contributed by atoms with E-state index in [1.54, 1.807) is 32.0 Å². The lowest BCUT2D eigenvalue weighted by Crippen LogP contribution is -2.41. The molecule has 4 nitrogen and oxygen atoms in total. The number of aliphatic hydroxyl groups excluding tert-OH is 1. The van der Waals surface area contributed by atoms with Gasteiger partial charge in [0, 0.05) is 11.1 Å². The van der Waals surface area contributed by atoms with Crippen LogP contribution in [0.15, 0.2) is 18.2 Å². The van der Waals surface area contributed by atoms with Gasteiger partial charge in [-0.15, -0.1) is 0 Å². The highest BCUT2D eigenvalue weighted by Gasteiger charge is 2.42. The van der Waals surface area contributed by atoms with Crippen LogP contribution in [0.5, 0.6) is 5.75 Å². The topological polar surface area (TPSA) is 66.8 Å². The quantitative estimate of drug-likeness (QED) is 0.763. The maximum absolute atomic E-state index is 11.3. The number of rotatable bonds is 2. The second kappa shape index (κ2) is 3.82. The van der Waals surface area contributed by atoms with E-state index in [1.165, 1.54) is 6.92 Å². The molecule has 92 valence electrons. The molecule has 0 spiro atoms. The van der Waals surface area contributed by atoms with E-state index in [9.17, 15) is 15.0 Å². The number of aliphatic hydroxyl groups is 2. The molecule has 0 aliphatic carbocycles. The minimum atomic E-state index is -1.14. The molecule has 0 bridgehead atoms. The standard InChI is InChI=1S/C13H16O4/c1-7(14)8-4-5-10-9(6-8)11(15)12(17-10)13(2,3)16/h4-6,11-12,15-16H,1-3H3/t11-,12+/m0/s1. The molecule has 1 aromatic rings. The summed E-state index contributed by atoms with van der Waals surface area (Å²) < 4.78 is 5.51. The fraction of sp³-hybridized carbons (Fsp3) is 0.462. The van der Waals surface area contributed by atoms with Crippen molar-refractivity contribution in [2.45, 2.75) is 38.6 Å². The van der Waals surface area contributed by atoms with Crippen LogP contribution in [-0.2, 0) is 0 Å². The molecule has 4 heteroatoms. The first-order chi connectivity index (χ1) is 7.80. The summed E-state index contributed by atoms with van der Waals surface area (Å²) in [5.41, 5.74) is -0.0536. The summed E-state index contributed by atoms with van der Waals surface area (Å²) in [6.07, 6.45) is -1.62. The Bertz CT molecular complexity index is 459. The summed E-state index contributed by atoms with van der Waals surface area (Å²) in [4.78, 5) is 11.3. The van der Waals surface area contributed by atoms with E-state index in [1.807, 2.05) is 0 Å². The van der Waals surface area contributed by atoms with Crippen LogP contribution in [-0.4, -0.2) is 27.7 Å². The van der Waals surface area contributed by atoms with Crippen molar-refractivity contribution in [2.75, 3.05) is 0 Å². The molecule has 2 atom stereocenters. The maximum atomic E-state index is 11.3. The number of carbonyl (C=O) groups is 1. The first kappa shape index (κ1) is 12.1. The summed E-state index contributed by atoms with van der Waals surface area (Å²) in [6.45, 7) is 4.63. The van der Waals surface area contributed by atoms with Gasteiger partial charge in [-0.1, -0.05) is 0 Å². The van der Waals surface area contributed by atoms with Crippen molar-refractivity contribution in [2.24, 2.45) is 0 Å².